The molecule has 1 aromatic rings. The Kier molecular flexibility index (Phi) is 3.87. The number of amides is 1. The second-order valence-corrected chi connectivity index (χ2v) is 4.84. The minimum absolute atomic E-state index is 0.0396. The number of carbonyl (C=O) groups is 1. The molecule has 98 valence electrons. The maximum absolute atomic E-state index is 11.8. The van der Waals surface area contributed by atoms with Crippen molar-refractivity contribution in [3.8, 4) is 0 Å². The number of hydrogen-bond acceptors (Lipinski definition) is 3. The van der Waals surface area contributed by atoms with Crippen molar-refractivity contribution in [1.82, 2.24) is 4.90 Å². The molecule has 0 aromatic heterocycles. The number of benzene rings is 1. The van der Waals surface area contributed by atoms with Crippen molar-refractivity contribution in [2.24, 2.45) is 0 Å². The number of nitrogens with zero attached hydrogens (tertiary/aromatic N) is 2. The van der Waals surface area contributed by atoms with E-state index in [-0.39, 0.29) is 5.91 Å². The van der Waals surface area contributed by atoms with E-state index in [1.807, 2.05) is 24.3 Å². The Bertz CT molecular complexity index is 414. The molecule has 0 bridgehead atoms. The van der Waals surface area contributed by atoms with Crippen LogP contribution < -0.4 is 4.90 Å². The van der Waals surface area contributed by atoms with E-state index in [4.69, 9.17) is 4.74 Å². The molecule has 1 heterocycles. The third-order valence-electron chi connectivity index (χ3n) is 3.36. The monoisotopic (exact) mass is 248 g/mol. The molecule has 1 aromatic carbocycles. The lowest BCUT2D eigenvalue weighted by Crippen LogP contribution is -2.23. The van der Waals surface area contributed by atoms with Crippen LogP contribution in [-0.4, -0.2) is 51.2 Å². The van der Waals surface area contributed by atoms with Gasteiger partial charge in [0.25, 0.3) is 5.91 Å². The van der Waals surface area contributed by atoms with Gasteiger partial charge in [0.2, 0.25) is 0 Å². The molecule has 18 heavy (non-hydrogen) atoms. The van der Waals surface area contributed by atoms with E-state index < -0.39 is 0 Å². The third kappa shape index (κ3) is 2.64. The Labute approximate surface area is 108 Å². The van der Waals surface area contributed by atoms with Gasteiger partial charge in [-0.1, -0.05) is 0 Å². The second-order valence-electron chi connectivity index (χ2n) is 4.84. The molecule has 1 amide bonds. The van der Waals surface area contributed by atoms with Gasteiger partial charge in [-0.05, 0) is 30.7 Å². The fraction of sp³-hybridized carbons (Fsp3) is 0.500. The van der Waals surface area contributed by atoms with Crippen LogP contribution in [0.4, 0.5) is 5.69 Å². The first kappa shape index (κ1) is 12.9. The first-order valence-corrected chi connectivity index (χ1v) is 6.21. The van der Waals surface area contributed by atoms with Gasteiger partial charge in [-0.2, -0.15) is 0 Å². The smallest absolute Gasteiger partial charge is 0.253 e. The summed E-state index contributed by atoms with van der Waals surface area (Å²) < 4.78 is 5.35. The van der Waals surface area contributed by atoms with Gasteiger partial charge in [0, 0.05) is 45.5 Å². The Hall–Kier alpha value is -1.55. The van der Waals surface area contributed by atoms with E-state index in [0.29, 0.717) is 6.10 Å². The van der Waals surface area contributed by atoms with Crippen LogP contribution in [0.5, 0.6) is 0 Å². The molecule has 1 atom stereocenters. The predicted octanol–water partition coefficient (Wildman–Crippen LogP) is 1.61. The maximum Gasteiger partial charge on any atom is 0.253 e. The number of ether oxygens (including phenoxy) is 1. The van der Waals surface area contributed by atoms with Gasteiger partial charge < -0.3 is 14.5 Å². The van der Waals surface area contributed by atoms with Crippen molar-refractivity contribution in [1.29, 1.82) is 0 Å². The molecule has 1 fully saturated rings. The Morgan fingerprint density at radius 2 is 2.00 bits per heavy atom. The highest BCUT2D eigenvalue weighted by Crippen LogP contribution is 2.22. The highest BCUT2D eigenvalue weighted by Gasteiger charge is 2.22. The molecular formula is C14H20N2O2. The second kappa shape index (κ2) is 5.40. The standard InChI is InChI=1S/C14H20N2O2/c1-15(2)14(17)11-4-6-12(7-5-11)16-9-8-13(10-16)18-3/h4-7,13H,8-10H2,1-3H3. The van der Waals surface area contributed by atoms with E-state index in [1.54, 1.807) is 26.1 Å². The fourth-order valence-corrected chi connectivity index (χ4v) is 2.23. The topological polar surface area (TPSA) is 32.8 Å². The quantitative estimate of drug-likeness (QED) is 0.815. The van der Waals surface area contributed by atoms with Crippen molar-refractivity contribution in [3.05, 3.63) is 29.8 Å². The van der Waals surface area contributed by atoms with E-state index in [2.05, 4.69) is 4.90 Å². The van der Waals surface area contributed by atoms with Gasteiger partial charge >= 0.3 is 0 Å². The highest BCUT2D eigenvalue weighted by atomic mass is 16.5. The average molecular weight is 248 g/mol. The number of hydrogen-bond donors (Lipinski definition) is 0. The zero-order valence-corrected chi connectivity index (χ0v) is 11.2. The van der Waals surface area contributed by atoms with Crippen LogP contribution in [0.25, 0.3) is 0 Å². The average Bonchev–Trinajstić information content (AvgIpc) is 2.86. The van der Waals surface area contributed by atoms with Crippen LogP contribution in [0.1, 0.15) is 16.8 Å². The van der Waals surface area contributed by atoms with Crippen LogP contribution in [-0.2, 0) is 4.74 Å². The van der Waals surface area contributed by atoms with E-state index in [9.17, 15) is 4.79 Å². The van der Waals surface area contributed by atoms with Crippen molar-refractivity contribution < 1.29 is 9.53 Å². The molecule has 1 saturated heterocycles. The molecule has 0 aliphatic carbocycles. The fourth-order valence-electron chi connectivity index (χ4n) is 2.23. The number of anilines is 1. The summed E-state index contributed by atoms with van der Waals surface area (Å²) in [7, 11) is 5.28. The molecule has 0 radical (unpaired) electrons. The first-order valence-electron chi connectivity index (χ1n) is 6.21. The summed E-state index contributed by atoms with van der Waals surface area (Å²) in [6.45, 7) is 1.94. The molecule has 1 aliphatic rings. The number of carbonyl (C=O) groups excluding carboxylic acids is 1. The molecule has 2 rings (SSSR count). The molecule has 1 aliphatic heterocycles. The normalized spacial score (nSPS) is 19.1. The van der Waals surface area contributed by atoms with E-state index >= 15 is 0 Å². The molecular weight excluding hydrogens is 228 g/mol. The SMILES string of the molecule is COC1CCN(c2ccc(C(=O)N(C)C)cc2)C1. The predicted molar refractivity (Wildman–Crippen MR) is 72.1 cm³/mol. The van der Waals surface area contributed by atoms with Gasteiger partial charge in [-0.3, -0.25) is 4.79 Å². The molecule has 1 unspecified atom stereocenters. The van der Waals surface area contributed by atoms with Crippen LogP contribution in [0, 0.1) is 0 Å². The largest absolute Gasteiger partial charge is 0.380 e. The van der Waals surface area contributed by atoms with Gasteiger partial charge in [0.1, 0.15) is 0 Å². The van der Waals surface area contributed by atoms with E-state index in [1.165, 1.54) is 0 Å². The molecule has 4 nitrogen and oxygen atoms in total. The maximum atomic E-state index is 11.8. The summed E-state index contributed by atoms with van der Waals surface area (Å²) in [4.78, 5) is 15.6. The summed E-state index contributed by atoms with van der Waals surface area (Å²) >= 11 is 0. The van der Waals surface area contributed by atoms with Crippen LogP contribution in [0.2, 0.25) is 0 Å². The highest BCUT2D eigenvalue weighted by molar-refractivity contribution is 5.94. The van der Waals surface area contributed by atoms with Crippen LogP contribution >= 0.6 is 0 Å². The summed E-state index contributed by atoms with van der Waals surface area (Å²) in [6, 6.07) is 7.79. The van der Waals surface area contributed by atoms with Crippen LogP contribution in [0.3, 0.4) is 0 Å². The van der Waals surface area contributed by atoms with Gasteiger partial charge in [-0.25, -0.2) is 0 Å². The summed E-state index contributed by atoms with van der Waals surface area (Å²) in [5.41, 5.74) is 1.89. The zero-order valence-electron chi connectivity index (χ0n) is 11.2. The van der Waals surface area contributed by atoms with Crippen molar-refractivity contribution >= 4 is 11.6 Å². The lowest BCUT2D eigenvalue weighted by Gasteiger charge is -2.19. The minimum Gasteiger partial charge on any atom is -0.380 e. The van der Waals surface area contributed by atoms with Gasteiger partial charge in [-0.15, -0.1) is 0 Å². The minimum atomic E-state index is 0.0396. The Morgan fingerprint density at radius 3 is 2.50 bits per heavy atom. The first-order chi connectivity index (χ1) is 8.61. The van der Waals surface area contributed by atoms with Crippen molar-refractivity contribution in [3.63, 3.8) is 0 Å². The van der Waals surface area contributed by atoms with Gasteiger partial charge in [0.15, 0.2) is 0 Å². The number of methoxy groups -OCH3 is 1. The summed E-state index contributed by atoms with van der Waals surface area (Å²) in [5.74, 6) is 0.0396. The molecule has 4 heteroatoms. The lowest BCUT2D eigenvalue weighted by molar-refractivity contribution is 0.0827. The van der Waals surface area contributed by atoms with Gasteiger partial charge in [0.05, 0.1) is 6.10 Å². The van der Waals surface area contributed by atoms with Crippen molar-refractivity contribution in [2.45, 2.75) is 12.5 Å². The Balaban J connectivity index is 2.06. The third-order valence-corrected chi connectivity index (χ3v) is 3.36. The Morgan fingerprint density at radius 1 is 1.33 bits per heavy atom. The summed E-state index contributed by atoms with van der Waals surface area (Å²) in [6.07, 6.45) is 1.39. The zero-order chi connectivity index (χ0) is 13.1. The molecule has 0 saturated carbocycles. The van der Waals surface area contributed by atoms with E-state index in [0.717, 1.165) is 30.8 Å². The van der Waals surface area contributed by atoms with Crippen molar-refractivity contribution in [2.75, 3.05) is 39.2 Å². The number of rotatable bonds is 3. The van der Waals surface area contributed by atoms with Crippen LogP contribution in [0.15, 0.2) is 24.3 Å². The summed E-state index contributed by atoms with van der Waals surface area (Å²) in [5, 5.41) is 0. The molecule has 0 spiro atoms. The molecule has 0 N–H and O–H groups in total. The lowest BCUT2D eigenvalue weighted by atomic mass is 10.2.